The highest BCUT2D eigenvalue weighted by Crippen LogP contribution is 2.22. The van der Waals surface area contributed by atoms with Crippen LogP contribution in [0.1, 0.15) is 5.69 Å². The number of nitrogens with two attached hydrogens (primary N) is 1. The first-order chi connectivity index (χ1) is 8.67. The normalized spacial score (nSPS) is 10.1. The van der Waals surface area contributed by atoms with Gasteiger partial charge in [0.2, 0.25) is 6.41 Å². The van der Waals surface area contributed by atoms with Gasteiger partial charge in [0.25, 0.3) is 0 Å². The van der Waals surface area contributed by atoms with Gasteiger partial charge in [-0.25, -0.2) is 0 Å². The second-order valence-corrected chi connectivity index (χ2v) is 3.91. The lowest BCUT2D eigenvalue weighted by Gasteiger charge is -1.98. The van der Waals surface area contributed by atoms with Crippen LogP contribution in [0.2, 0.25) is 0 Å². The highest BCUT2D eigenvalue weighted by atomic mass is 16.1. The van der Waals surface area contributed by atoms with Crippen LogP contribution in [-0.4, -0.2) is 21.2 Å². The van der Waals surface area contributed by atoms with E-state index in [1.54, 1.807) is 0 Å². The van der Waals surface area contributed by atoms with Gasteiger partial charge in [-0.2, -0.15) is 5.10 Å². The molecule has 3 rings (SSSR count). The van der Waals surface area contributed by atoms with Crippen molar-refractivity contribution in [2.45, 2.75) is 6.92 Å². The van der Waals surface area contributed by atoms with Crippen molar-refractivity contribution < 1.29 is 4.79 Å². The number of rotatable bonds is 0. The topological polar surface area (TPSA) is 73.8 Å². The third kappa shape index (κ3) is 2.02. The van der Waals surface area contributed by atoms with E-state index in [1.807, 2.05) is 30.9 Å². The largest absolute Gasteiger partial charge is 0.372 e. The molecule has 0 saturated carbocycles. The minimum absolute atomic E-state index is 0.250. The first-order valence-corrected chi connectivity index (χ1v) is 5.51. The summed E-state index contributed by atoms with van der Waals surface area (Å²) in [6.07, 6.45) is 2.07. The molecule has 92 valence electrons. The Balaban J connectivity index is 0.000000367. The maximum absolute atomic E-state index is 8.58. The molecule has 0 aliphatic carbocycles. The number of pyridine rings is 1. The molecule has 0 radical (unpaired) electrons. The van der Waals surface area contributed by atoms with Crippen LogP contribution in [-0.2, 0) is 11.8 Å². The summed E-state index contributed by atoms with van der Waals surface area (Å²) in [7, 11) is 1.96. The van der Waals surface area contributed by atoms with E-state index in [2.05, 4.69) is 34.0 Å². The van der Waals surface area contributed by atoms with E-state index < -0.39 is 0 Å². The minimum Gasteiger partial charge on any atom is -0.372 e. The molecule has 0 spiro atoms. The predicted octanol–water partition coefficient (Wildman–Crippen LogP) is 1.53. The zero-order valence-corrected chi connectivity index (χ0v) is 10.3. The van der Waals surface area contributed by atoms with E-state index in [1.165, 1.54) is 10.8 Å². The van der Waals surface area contributed by atoms with Gasteiger partial charge in [-0.1, -0.05) is 6.07 Å². The van der Waals surface area contributed by atoms with E-state index >= 15 is 0 Å². The van der Waals surface area contributed by atoms with Gasteiger partial charge in [0.1, 0.15) is 0 Å². The average molecular weight is 242 g/mol. The van der Waals surface area contributed by atoms with Crippen LogP contribution in [0, 0.1) is 6.92 Å². The Bertz CT molecular complexity index is 647. The third-order valence-corrected chi connectivity index (χ3v) is 2.76. The molecule has 0 bridgehead atoms. The van der Waals surface area contributed by atoms with E-state index in [-0.39, 0.29) is 6.41 Å². The van der Waals surface area contributed by atoms with E-state index in [9.17, 15) is 0 Å². The molecule has 0 aliphatic rings. The molecule has 5 nitrogen and oxygen atoms in total. The summed E-state index contributed by atoms with van der Waals surface area (Å²) in [5, 5.41) is 6.78. The number of primary amides is 1. The Labute approximate surface area is 104 Å². The summed E-state index contributed by atoms with van der Waals surface area (Å²) >= 11 is 0. The van der Waals surface area contributed by atoms with Crippen LogP contribution in [0.15, 0.2) is 30.5 Å². The fraction of sp³-hybridized carbons (Fsp3) is 0.154. The summed E-state index contributed by atoms with van der Waals surface area (Å²) in [4.78, 5) is 12.9. The lowest BCUT2D eigenvalue weighted by Crippen LogP contribution is -1.89. The number of fused-ring (bicyclic) bond motifs is 2. The lowest BCUT2D eigenvalue weighted by molar-refractivity contribution is -0.106. The smallest absolute Gasteiger partial charge is 0.204 e. The molecule has 5 heteroatoms. The van der Waals surface area contributed by atoms with Gasteiger partial charge in [-0.15, -0.1) is 0 Å². The van der Waals surface area contributed by atoms with Crippen LogP contribution in [0.5, 0.6) is 0 Å². The van der Waals surface area contributed by atoms with Crippen molar-refractivity contribution in [3.05, 3.63) is 36.2 Å². The Kier molecular flexibility index (Phi) is 3.23. The molecular formula is C13H14N4O. The Hall–Kier alpha value is -2.43. The summed E-state index contributed by atoms with van der Waals surface area (Å²) in [6, 6.07) is 8.28. The summed E-state index contributed by atoms with van der Waals surface area (Å²) in [5.41, 5.74) is 7.39. The van der Waals surface area contributed by atoms with Crippen molar-refractivity contribution in [3.8, 4) is 0 Å². The standard InChI is InChI=1S/C12H11N3.CH3NO/c1-8-10-6-9-4-3-5-13-11(9)7-12(10)15(2)14-8;2-1-3/h3-7H,1-2H3;1H,(H2,2,3). The van der Waals surface area contributed by atoms with Gasteiger partial charge in [0, 0.05) is 24.0 Å². The highest BCUT2D eigenvalue weighted by Gasteiger charge is 2.06. The molecule has 2 heterocycles. The number of hydrogen-bond acceptors (Lipinski definition) is 3. The zero-order valence-electron chi connectivity index (χ0n) is 10.3. The van der Waals surface area contributed by atoms with Crippen molar-refractivity contribution in [2.75, 3.05) is 0 Å². The van der Waals surface area contributed by atoms with Crippen molar-refractivity contribution in [1.29, 1.82) is 0 Å². The molecular weight excluding hydrogens is 228 g/mol. The fourth-order valence-corrected chi connectivity index (χ4v) is 2.00. The summed E-state index contributed by atoms with van der Waals surface area (Å²) in [5.74, 6) is 0. The van der Waals surface area contributed by atoms with E-state index in [0.29, 0.717) is 0 Å². The monoisotopic (exact) mass is 242 g/mol. The number of aromatic nitrogens is 3. The molecule has 1 amide bonds. The fourth-order valence-electron chi connectivity index (χ4n) is 2.00. The first-order valence-electron chi connectivity index (χ1n) is 5.51. The Morgan fingerprint density at radius 1 is 1.39 bits per heavy atom. The number of hydrogen-bond donors (Lipinski definition) is 1. The quantitative estimate of drug-likeness (QED) is 0.607. The van der Waals surface area contributed by atoms with Gasteiger partial charge in [-0.3, -0.25) is 14.5 Å². The Morgan fingerprint density at radius 3 is 2.83 bits per heavy atom. The number of nitrogens with zero attached hydrogens (tertiary/aromatic N) is 3. The van der Waals surface area contributed by atoms with Gasteiger partial charge in [-0.05, 0) is 25.1 Å². The van der Waals surface area contributed by atoms with Crippen molar-refractivity contribution in [2.24, 2.45) is 12.8 Å². The van der Waals surface area contributed by atoms with Gasteiger partial charge >= 0.3 is 0 Å². The third-order valence-electron chi connectivity index (χ3n) is 2.76. The molecule has 2 aromatic heterocycles. The minimum atomic E-state index is 0.250. The molecule has 0 fully saturated rings. The molecule has 0 aliphatic heterocycles. The predicted molar refractivity (Wildman–Crippen MR) is 71.0 cm³/mol. The van der Waals surface area contributed by atoms with Crippen LogP contribution in [0.25, 0.3) is 21.8 Å². The van der Waals surface area contributed by atoms with Gasteiger partial charge in [0.05, 0.1) is 16.7 Å². The zero-order chi connectivity index (χ0) is 13.1. The van der Waals surface area contributed by atoms with Crippen LogP contribution in [0.4, 0.5) is 0 Å². The number of amides is 1. The van der Waals surface area contributed by atoms with Crippen LogP contribution < -0.4 is 5.73 Å². The molecule has 0 atom stereocenters. The second-order valence-electron chi connectivity index (χ2n) is 3.91. The van der Waals surface area contributed by atoms with E-state index in [0.717, 1.165) is 16.7 Å². The lowest BCUT2D eigenvalue weighted by atomic mass is 10.1. The maximum atomic E-state index is 8.58. The van der Waals surface area contributed by atoms with Crippen molar-refractivity contribution in [3.63, 3.8) is 0 Å². The van der Waals surface area contributed by atoms with Gasteiger partial charge in [0.15, 0.2) is 0 Å². The SMILES string of the molecule is Cc1nn(C)c2cc3ncccc3cc12.NC=O. The molecule has 0 saturated heterocycles. The van der Waals surface area contributed by atoms with Crippen molar-refractivity contribution >= 4 is 28.2 Å². The number of benzene rings is 1. The van der Waals surface area contributed by atoms with Gasteiger partial charge < -0.3 is 5.73 Å². The summed E-state index contributed by atoms with van der Waals surface area (Å²) < 4.78 is 1.90. The average Bonchev–Trinajstić information content (AvgIpc) is 2.63. The van der Waals surface area contributed by atoms with E-state index in [4.69, 9.17) is 4.79 Å². The van der Waals surface area contributed by atoms with Crippen LogP contribution in [0.3, 0.4) is 0 Å². The molecule has 1 aromatic carbocycles. The molecule has 3 aromatic rings. The van der Waals surface area contributed by atoms with Crippen molar-refractivity contribution in [1.82, 2.24) is 14.8 Å². The summed E-state index contributed by atoms with van der Waals surface area (Å²) in [6.45, 7) is 2.03. The number of carbonyl (C=O) groups excluding carboxylic acids is 1. The second kappa shape index (κ2) is 4.83. The number of carbonyl (C=O) groups is 1. The molecule has 2 N–H and O–H groups in total. The Morgan fingerprint density at radius 2 is 2.11 bits per heavy atom. The molecule has 18 heavy (non-hydrogen) atoms. The maximum Gasteiger partial charge on any atom is 0.204 e. The molecule has 0 unspecified atom stereocenters. The van der Waals surface area contributed by atoms with Crippen LogP contribution >= 0.6 is 0 Å². The highest BCUT2D eigenvalue weighted by molar-refractivity contribution is 5.95. The number of aryl methyl sites for hydroxylation is 2. The first kappa shape index (κ1) is 12.0.